The molecule has 3 N–H and O–H groups in total. The van der Waals surface area contributed by atoms with E-state index in [1.807, 2.05) is 24.4 Å². The van der Waals surface area contributed by atoms with Gasteiger partial charge in [-0.15, -0.1) is 11.3 Å². The van der Waals surface area contributed by atoms with Gasteiger partial charge >= 0.3 is 0 Å². The van der Waals surface area contributed by atoms with Crippen LogP contribution < -0.4 is 16.2 Å². The van der Waals surface area contributed by atoms with Crippen LogP contribution in [0.2, 0.25) is 0 Å². The molecular weight excluding hydrogens is 348 g/mol. The van der Waals surface area contributed by atoms with Gasteiger partial charge in [0.1, 0.15) is 10.6 Å². The molecule has 7 heteroatoms. The Morgan fingerprint density at radius 3 is 2.96 bits per heavy atom. The van der Waals surface area contributed by atoms with Gasteiger partial charge in [0.05, 0.1) is 11.9 Å². The van der Waals surface area contributed by atoms with E-state index in [2.05, 4.69) is 4.90 Å². The average molecular weight is 370 g/mol. The topological polar surface area (TPSA) is 84.4 Å². The monoisotopic (exact) mass is 370 g/mol. The van der Waals surface area contributed by atoms with Crippen molar-refractivity contribution in [2.75, 3.05) is 18.0 Å². The Morgan fingerprint density at radius 2 is 2.19 bits per heavy atom. The molecule has 26 heavy (non-hydrogen) atoms. The summed E-state index contributed by atoms with van der Waals surface area (Å²) in [5.41, 5.74) is 7.73. The number of fused-ring (bicyclic) bond motifs is 1. The summed E-state index contributed by atoms with van der Waals surface area (Å²) in [5, 5.41) is 12.8. The molecule has 2 aromatic heterocycles. The molecular formula is C19H22N4O2S. The first kappa shape index (κ1) is 17.1. The number of benzene rings is 1. The number of aromatic nitrogens is 2. The molecule has 1 fully saturated rings. The van der Waals surface area contributed by atoms with Crippen molar-refractivity contribution < 1.29 is 5.11 Å². The Labute approximate surface area is 155 Å². The van der Waals surface area contributed by atoms with Crippen molar-refractivity contribution in [2.24, 2.45) is 5.73 Å². The number of hydrogen-bond donors (Lipinski definition) is 2. The lowest BCUT2D eigenvalue weighted by Gasteiger charge is -2.33. The number of rotatable bonds is 3. The highest BCUT2D eigenvalue weighted by Gasteiger charge is 2.24. The standard InChI is InChI=1S/C19H22N4O2S/c1-12-11-26-17-16(12)18(25)23(9-13-5-2-3-7-15(13)24)19(21-17)22-8-4-6-14(20)10-22/h2-3,5,7,11,14,24H,4,6,8-10,20H2,1H3/t14-/m1/s1. The van der Waals surface area contributed by atoms with Crippen LogP contribution in [0.4, 0.5) is 5.95 Å². The van der Waals surface area contributed by atoms with Crippen LogP contribution in [0.1, 0.15) is 24.0 Å². The van der Waals surface area contributed by atoms with Gasteiger partial charge in [0.2, 0.25) is 5.95 Å². The normalized spacial score (nSPS) is 17.8. The van der Waals surface area contributed by atoms with Crippen LogP contribution in [-0.2, 0) is 6.54 Å². The third kappa shape index (κ3) is 2.97. The number of nitrogens with two attached hydrogens (primary N) is 1. The van der Waals surface area contributed by atoms with Gasteiger partial charge < -0.3 is 15.7 Å². The number of nitrogens with zero attached hydrogens (tertiary/aromatic N) is 3. The lowest BCUT2D eigenvalue weighted by molar-refractivity contribution is 0.463. The molecule has 3 aromatic rings. The average Bonchev–Trinajstić information content (AvgIpc) is 3.00. The molecule has 3 heterocycles. The summed E-state index contributed by atoms with van der Waals surface area (Å²) in [5.74, 6) is 0.825. The number of phenolic OH excluding ortho intramolecular Hbond substituents is 1. The highest BCUT2D eigenvalue weighted by Crippen LogP contribution is 2.26. The molecule has 6 nitrogen and oxygen atoms in total. The van der Waals surface area contributed by atoms with E-state index < -0.39 is 0 Å². The Kier molecular flexibility index (Phi) is 4.42. The van der Waals surface area contributed by atoms with Gasteiger partial charge in [-0.1, -0.05) is 18.2 Å². The van der Waals surface area contributed by atoms with E-state index in [4.69, 9.17) is 10.7 Å². The van der Waals surface area contributed by atoms with Crippen molar-refractivity contribution in [3.63, 3.8) is 0 Å². The predicted molar refractivity (Wildman–Crippen MR) is 105 cm³/mol. The molecule has 0 amide bonds. The summed E-state index contributed by atoms with van der Waals surface area (Å²) in [4.78, 5) is 20.9. The summed E-state index contributed by atoms with van der Waals surface area (Å²) < 4.78 is 1.68. The number of thiophene rings is 1. The van der Waals surface area contributed by atoms with Gasteiger partial charge in [0.25, 0.3) is 5.56 Å². The molecule has 0 radical (unpaired) electrons. The maximum atomic E-state index is 13.3. The van der Waals surface area contributed by atoms with Crippen LogP contribution in [0.5, 0.6) is 5.75 Å². The largest absolute Gasteiger partial charge is 0.508 e. The van der Waals surface area contributed by atoms with Crippen molar-refractivity contribution in [3.05, 3.63) is 51.1 Å². The lowest BCUT2D eigenvalue weighted by Crippen LogP contribution is -2.45. The Balaban J connectivity index is 1.88. The quantitative estimate of drug-likeness (QED) is 0.740. The van der Waals surface area contributed by atoms with Crippen LogP contribution in [0.25, 0.3) is 10.2 Å². The van der Waals surface area contributed by atoms with E-state index >= 15 is 0 Å². The highest BCUT2D eigenvalue weighted by molar-refractivity contribution is 7.16. The second-order valence-electron chi connectivity index (χ2n) is 6.88. The molecule has 1 aromatic carbocycles. The molecule has 1 aliphatic heterocycles. The van der Waals surface area contributed by atoms with E-state index in [-0.39, 0.29) is 23.9 Å². The molecule has 4 rings (SSSR count). The number of anilines is 1. The molecule has 0 unspecified atom stereocenters. The zero-order valence-corrected chi connectivity index (χ0v) is 15.5. The van der Waals surface area contributed by atoms with Crippen LogP contribution in [-0.4, -0.2) is 33.8 Å². The first-order valence-corrected chi connectivity index (χ1v) is 9.68. The van der Waals surface area contributed by atoms with Crippen molar-refractivity contribution in [1.82, 2.24) is 9.55 Å². The molecule has 1 saturated heterocycles. The van der Waals surface area contributed by atoms with E-state index in [0.717, 1.165) is 29.8 Å². The fourth-order valence-electron chi connectivity index (χ4n) is 3.54. The molecule has 1 atom stereocenters. The zero-order valence-electron chi connectivity index (χ0n) is 14.7. The van der Waals surface area contributed by atoms with E-state index in [1.54, 1.807) is 16.7 Å². The van der Waals surface area contributed by atoms with Gasteiger partial charge in [-0.2, -0.15) is 0 Å². The van der Waals surface area contributed by atoms with Crippen LogP contribution >= 0.6 is 11.3 Å². The maximum absolute atomic E-state index is 13.3. The zero-order chi connectivity index (χ0) is 18.3. The SMILES string of the molecule is Cc1csc2nc(N3CCC[C@@H](N)C3)n(Cc3ccccc3O)c(=O)c12. The minimum Gasteiger partial charge on any atom is -0.508 e. The number of phenols is 1. The van der Waals surface area contributed by atoms with Gasteiger partial charge in [-0.3, -0.25) is 9.36 Å². The van der Waals surface area contributed by atoms with Gasteiger partial charge in [0, 0.05) is 24.7 Å². The number of aryl methyl sites for hydroxylation is 1. The van der Waals surface area contributed by atoms with Crippen molar-refractivity contribution in [3.8, 4) is 5.75 Å². The first-order chi connectivity index (χ1) is 12.5. The Bertz CT molecular complexity index is 1010. The molecule has 0 spiro atoms. The van der Waals surface area contributed by atoms with E-state index in [1.165, 1.54) is 11.3 Å². The molecule has 1 aliphatic rings. The van der Waals surface area contributed by atoms with Crippen molar-refractivity contribution in [1.29, 1.82) is 0 Å². The summed E-state index contributed by atoms with van der Waals surface area (Å²) in [6.07, 6.45) is 1.97. The maximum Gasteiger partial charge on any atom is 0.264 e. The van der Waals surface area contributed by atoms with Crippen molar-refractivity contribution in [2.45, 2.75) is 32.4 Å². The van der Waals surface area contributed by atoms with Crippen LogP contribution in [0, 0.1) is 6.92 Å². The minimum absolute atomic E-state index is 0.0638. The van der Waals surface area contributed by atoms with Gasteiger partial charge in [-0.25, -0.2) is 4.98 Å². The highest BCUT2D eigenvalue weighted by atomic mass is 32.1. The smallest absolute Gasteiger partial charge is 0.264 e. The lowest BCUT2D eigenvalue weighted by atomic mass is 10.1. The summed E-state index contributed by atoms with van der Waals surface area (Å²) in [6.45, 7) is 3.73. The molecule has 0 aliphatic carbocycles. The molecule has 0 saturated carbocycles. The first-order valence-electron chi connectivity index (χ1n) is 8.80. The Hall–Kier alpha value is -2.38. The molecule has 0 bridgehead atoms. The number of hydrogen-bond acceptors (Lipinski definition) is 6. The third-order valence-electron chi connectivity index (χ3n) is 4.92. The van der Waals surface area contributed by atoms with Crippen molar-refractivity contribution >= 4 is 27.5 Å². The van der Waals surface area contributed by atoms with Gasteiger partial charge in [-0.05, 0) is 36.8 Å². The van der Waals surface area contributed by atoms with Gasteiger partial charge in [0.15, 0.2) is 0 Å². The van der Waals surface area contributed by atoms with E-state index in [9.17, 15) is 9.90 Å². The summed E-state index contributed by atoms with van der Waals surface area (Å²) >= 11 is 1.49. The predicted octanol–water partition coefficient (Wildman–Crippen LogP) is 2.45. The van der Waals surface area contributed by atoms with Crippen LogP contribution in [0.3, 0.4) is 0 Å². The second kappa shape index (κ2) is 6.74. The summed E-state index contributed by atoms with van der Waals surface area (Å²) in [6, 6.07) is 7.19. The fraction of sp³-hybridized carbons (Fsp3) is 0.368. The molecule has 136 valence electrons. The Morgan fingerprint density at radius 1 is 1.38 bits per heavy atom. The number of piperidine rings is 1. The number of aromatic hydroxyl groups is 1. The van der Waals surface area contributed by atoms with E-state index in [0.29, 0.717) is 23.4 Å². The fourth-order valence-corrected chi connectivity index (χ4v) is 4.45. The summed E-state index contributed by atoms with van der Waals surface area (Å²) in [7, 11) is 0. The van der Waals surface area contributed by atoms with Crippen LogP contribution in [0.15, 0.2) is 34.4 Å². The third-order valence-corrected chi connectivity index (χ3v) is 5.91. The minimum atomic E-state index is -0.0638. The number of para-hydroxylation sites is 1. The second-order valence-corrected chi connectivity index (χ2v) is 7.74.